The molecule has 1 atom stereocenters. The molecular formula is C14H17FN2O3. The minimum absolute atomic E-state index is 0.0465. The average molecular weight is 280 g/mol. The fourth-order valence-electron chi connectivity index (χ4n) is 2.01. The van der Waals surface area contributed by atoms with Crippen LogP contribution in [0.2, 0.25) is 0 Å². The standard InChI is InChI=1S/C14H17FN2O3/c15-10-3-1-4-11(7-10)17-14(19)8-13(18)16-9-12-5-2-6-20-12/h1,3-4,7,12H,2,5-6,8-9H2,(H,16,18)(H,17,19). The van der Waals surface area contributed by atoms with Crippen LogP contribution in [0, 0.1) is 5.82 Å². The van der Waals surface area contributed by atoms with Gasteiger partial charge in [-0.15, -0.1) is 0 Å². The molecule has 2 rings (SSSR count). The molecule has 1 aliphatic rings. The van der Waals surface area contributed by atoms with Crippen LogP contribution >= 0.6 is 0 Å². The van der Waals surface area contributed by atoms with E-state index in [0.717, 1.165) is 19.4 Å². The van der Waals surface area contributed by atoms with Gasteiger partial charge in [0.05, 0.1) is 6.10 Å². The lowest BCUT2D eigenvalue weighted by Crippen LogP contribution is -2.34. The Hall–Kier alpha value is -1.95. The van der Waals surface area contributed by atoms with Crippen molar-refractivity contribution in [1.82, 2.24) is 5.32 Å². The topological polar surface area (TPSA) is 67.4 Å². The fourth-order valence-corrected chi connectivity index (χ4v) is 2.01. The molecule has 0 saturated carbocycles. The van der Waals surface area contributed by atoms with Crippen molar-refractivity contribution in [2.45, 2.75) is 25.4 Å². The molecule has 2 N–H and O–H groups in total. The zero-order valence-corrected chi connectivity index (χ0v) is 11.0. The highest BCUT2D eigenvalue weighted by atomic mass is 19.1. The van der Waals surface area contributed by atoms with Gasteiger partial charge in [0, 0.05) is 18.8 Å². The van der Waals surface area contributed by atoms with Gasteiger partial charge in [0.2, 0.25) is 11.8 Å². The average Bonchev–Trinajstić information content (AvgIpc) is 2.89. The van der Waals surface area contributed by atoms with E-state index in [2.05, 4.69) is 10.6 Å². The third kappa shape index (κ3) is 4.62. The van der Waals surface area contributed by atoms with E-state index in [-0.39, 0.29) is 18.4 Å². The summed E-state index contributed by atoms with van der Waals surface area (Å²) in [4.78, 5) is 23.2. The van der Waals surface area contributed by atoms with Crippen LogP contribution in [0.4, 0.5) is 10.1 Å². The smallest absolute Gasteiger partial charge is 0.233 e. The van der Waals surface area contributed by atoms with Crippen molar-refractivity contribution in [3.05, 3.63) is 30.1 Å². The summed E-state index contributed by atoms with van der Waals surface area (Å²) in [5.74, 6) is -1.28. The van der Waals surface area contributed by atoms with E-state index >= 15 is 0 Å². The van der Waals surface area contributed by atoms with E-state index in [4.69, 9.17) is 4.74 Å². The Morgan fingerprint density at radius 2 is 2.20 bits per heavy atom. The first-order chi connectivity index (χ1) is 9.63. The summed E-state index contributed by atoms with van der Waals surface area (Å²) >= 11 is 0. The van der Waals surface area contributed by atoms with E-state index in [1.54, 1.807) is 6.07 Å². The van der Waals surface area contributed by atoms with Crippen molar-refractivity contribution in [3.8, 4) is 0 Å². The lowest BCUT2D eigenvalue weighted by molar-refractivity contribution is -0.127. The maximum absolute atomic E-state index is 12.9. The van der Waals surface area contributed by atoms with Gasteiger partial charge in [-0.25, -0.2) is 4.39 Å². The molecule has 20 heavy (non-hydrogen) atoms. The van der Waals surface area contributed by atoms with Crippen LogP contribution in [0.3, 0.4) is 0 Å². The van der Waals surface area contributed by atoms with Gasteiger partial charge in [-0.1, -0.05) is 6.07 Å². The van der Waals surface area contributed by atoms with Gasteiger partial charge in [0.15, 0.2) is 0 Å². The number of hydrogen-bond donors (Lipinski definition) is 2. The number of amides is 2. The molecule has 5 nitrogen and oxygen atoms in total. The Balaban J connectivity index is 1.71. The molecule has 0 aliphatic carbocycles. The van der Waals surface area contributed by atoms with Crippen molar-refractivity contribution >= 4 is 17.5 Å². The lowest BCUT2D eigenvalue weighted by Gasteiger charge is -2.10. The van der Waals surface area contributed by atoms with Crippen LogP contribution in [0.1, 0.15) is 19.3 Å². The van der Waals surface area contributed by atoms with E-state index in [0.29, 0.717) is 12.2 Å². The van der Waals surface area contributed by atoms with E-state index in [9.17, 15) is 14.0 Å². The monoisotopic (exact) mass is 280 g/mol. The first-order valence-corrected chi connectivity index (χ1v) is 6.57. The Morgan fingerprint density at radius 3 is 2.90 bits per heavy atom. The van der Waals surface area contributed by atoms with Gasteiger partial charge in [0.1, 0.15) is 12.2 Å². The van der Waals surface area contributed by atoms with Crippen LogP contribution in [-0.2, 0) is 14.3 Å². The zero-order chi connectivity index (χ0) is 14.4. The van der Waals surface area contributed by atoms with Gasteiger partial charge in [-0.2, -0.15) is 0 Å². The second kappa shape index (κ2) is 7.00. The molecule has 0 spiro atoms. The second-order valence-electron chi connectivity index (χ2n) is 4.67. The maximum atomic E-state index is 12.9. The molecule has 1 saturated heterocycles. The summed E-state index contributed by atoms with van der Waals surface area (Å²) in [5.41, 5.74) is 0.335. The number of halogens is 1. The number of rotatable bonds is 5. The van der Waals surface area contributed by atoms with Crippen molar-refractivity contribution < 1.29 is 18.7 Å². The maximum Gasteiger partial charge on any atom is 0.233 e. The van der Waals surface area contributed by atoms with Crippen molar-refractivity contribution in [2.75, 3.05) is 18.5 Å². The summed E-state index contributed by atoms with van der Waals surface area (Å²) in [6.07, 6.45) is 1.68. The molecule has 1 aromatic rings. The highest BCUT2D eigenvalue weighted by Crippen LogP contribution is 2.11. The number of ether oxygens (including phenoxy) is 1. The fraction of sp³-hybridized carbons (Fsp3) is 0.429. The van der Waals surface area contributed by atoms with E-state index in [1.807, 2.05) is 0 Å². The molecule has 0 aromatic heterocycles. The van der Waals surface area contributed by atoms with Crippen LogP contribution in [0.15, 0.2) is 24.3 Å². The molecular weight excluding hydrogens is 263 g/mol. The SMILES string of the molecule is O=C(CC(=O)Nc1cccc(F)c1)NCC1CCCO1. The summed E-state index contributed by atoms with van der Waals surface area (Å²) in [6, 6.07) is 5.53. The highest BCUT2D eigenvalue weighted by Gasteiger charge is 2.17. The number of nitrogens with one attached hydrogen (secondary N) is 2. The Kier molecular flexibility index (Phi) is 5.06. The second-order valence-corrected chi connectivity index (χ2v) is 4.67. The number of anilines is 1. The first kappa shape index (κ1) is 14.5. The van der Waals surface area contributed by atoms with Crippen LogP contribution in [-0.4, -0.2) is 31.1 Å². The molecule has 1 heterocycles. The van der Waals surface area contributed by atoms with Gasteiger partial charge in [-0.3, -0.25) is 9.59 Å². The van der Waals surface area contributed by atoms with Crippen molar-refractivity contribution in [2.24, 2.45) is 0 Å². The summed E-state index contributed by atoms with van der Waals surface area (Å²) in [6.45, 7) is 1.15. The third-order valence-electron chi connectivity index (χ3n) is 2.98. The first-order valence-electron chi connectivity index (χ1n) is 6.57. The zero-order valence-electron chi connectivity index (χ0n) is 11.0. The normalized spacial score (nSPS) is 17.8. The lowest BCUT2D eigenvalue weighted by atomic mass is 10.2. The molecule has 1 fully saturated rings. The molecule has 1 aliphatic heterocycles. The predicted molar refractivity (Wildman–Crippen MR) is 71.6 cm³/mol. The number of hydrogen-bond acceptors (Lipinski definition) is 3. The van der Waals surface area contributed by atoms with Gasteiger partial charge >= 0.3 is 0 Å². The van der Waals surface area contributed by atoms with Crippen LogP contribution in [0.5, 0.6) is 0 Å². The molecule has 2 amide bonds. The largest absolute Gasteiger partial charge is 0.376 e. The van der Waals surface area contributed by atoms with E-state index in [1.165, 1.54) is 18.2 Å². The molecule has 1 unspecified atom stereocenters. The molecule has 0 radical (unpaired) electrons. The number of carbonyl (C=O) groups excluding carboxylic acids is 2. The molecule has 6 heteroatoms. The molecule has 108 valence electrons. The number of carbonyl (C=O) groups is 2. The molecule has 1 aromatic carbocycles. The highest BCUT2D eigenvalue weighted by molar-refractivity contribution is 6.03. The van der Waals surface area contributed by atoms with Crippen LogP contribution < -0.4 is 10.6 Å². The molecule has 0 bridgehead atoms. The summed E-state index contributed by atoms with van der Waals surface area (Å²) in [5, 5.41) is 5.12. The van der Waals surface area contributed by atoms with Gasteiger partial charge in [-0.05, 0) is 31.0 Å². The minimum Gasteiger partial charge on any atom is -0.376 e. The van der Waals surface area contributed by atoms with E-state index < -0.39 is 11.7 Å². The van der Waals surface area contributed by atoms with Crippen molar-refractivity contribution in [3.63, 3.8) is 0 Å². The Labute approximate surface area is 116 Å². The summed E-state index contributed by atoms with van der Waals surface area (Å²) in [7, 11) is 0. The Bertz CT molecular complexity index is 487. The predicted octanol–water partition coefficient (Wildman–Crippen LogP) is 1.45. The Morgan fingerprint density at radius 1 is 1.35 bits per heavy atom. The van der Waals surface area contributed by atoms with Gasteiger partial charge < -0.3 is 15.4 Å². The number of benzene rings is 1. The van der Waals surface area contributed by atoms with Gasteiger partial charge in [0.25, 0.3) is 0 Å². The third-order valence-corrected chi connectivity index (χ3v) is 2.98. The summed E-state index contributed by atoms with van der Waals surface area (Å²) < 4.78 is 18.3. The minimum atomic E-state index is -0.472. The quantitative estimate of drug-likeness (QED) is 0.802. The van der Waals surface area contributed by atoms with Crippen LogP contribution in [0.25, 0.3) is 0 Å². The van der Waals surface area contributed by atoms with Crippen molar-refractivity contribution in [1.29, 1.82) is 0 Å².